The number of hydrogen-bond acceptors (Lipinski definition) is 4. The molecule has 0 aromatic heterocycles. The lowest BCUT2D eigenvalue weighted by atomic mass is 9.85. The van der Waals surface area contributed by atoms with Crippen molar-refractivity contribution in [3.63, 3.8) is 0 Å². The largest absolute Gasteiger partial charge is 0.354 e. The summed E-state index contributed by atoms with van der Waals surface area (Å²) in [5, 5.41) is 6.17. The number of carbonyl (C=O) groups excluding carboxylic acids is 3. The number of carbonyl (C=O) groups is 3. The van der Waals surface area contributed by atoms with Crippen molar-refractivity contribution in [3.8, 4) is 0 Å². The third kappa shape index (κ3) is 5.75. The van der Waals surface area contributed by atoms with Gasteiger partial charge in [0.2, 0.25) is 5.91 Å². The number of urea groups is 1. The van der Waals surface area contributed by atoms with Crippen molar-refractivity contribution < 1.29 is 14.4 Å². The highest BCUT2D eigenvalue weighted by Gasteiger charge is 2.54. The lowest BCUT2D eigenvalue weighted by Crippen LogP contribution is -2.58. The molecule has 1 aliphatic carbocycles. The molecule has 0 radical (unpaired) electrons. The maximum Gasteiger partial charge on any atom is 0.321 e. The van der Waals surface area contributed by atoms with Gasteiger partial charge in [0.05, 0.1) is 6.67 Å². The van der Waals surface area contributed by atoms with Crippen LogP contribution in [0.15, 0.2) is 48.5 Å². The molecule has 2 heterocycles. The fraction of sp³-hybridized carbons (Fsp3) is 0.516. The van der Waals surface area contributed by atoms with E-state index in [4.69, 9.17) is 0 Å². The second-order valence-electron chi connectivity index (χ2n) is 11.4. The summed E-state index contributed by atoms with van der Waals surface area (Å²) in [5.74, 6) is 0.432. The predicted octanol–water partition coefficient (Wildman–Crippen LogP) is 4.67. The third-order valence-corrected chi connectivity index (χ3v) is 8.82. The summed E-state index contributed by atoms with van der Waals surface area (Å²) in [6.07, 6.45) is 7.12. The quantitative estimate of drug-likeness (QED) is 0.567. The number of benzene rings is 2. The molecule has 5 rings (SSSR count). The lowest BCUT2D eigenvalue weighted by molar-refractivity contribution is -0.137. The monoisotopic (exact) mass is 531 g/mol. The van der Waals surface area contributed by atoms with Crippen molar-refractivity contribution >= 4 is 29.2 Å². The van der Waals surface area contributed by atoms with Gasteiger partial charge in [-0.15, -0.1) is 0 Å². The van der Waals surface area contributed by atoms with E-state index in [9.17, 15) is 14.4 Å². The zero-order valence-electron chi connectivity index (χ0n) is 23.2. The molecule has 4 amide bonds. The average Bonchev–Trinajstić information content (AvgIpc) is 3.21. The van der Waals surface area contributed by atoms with Gasteiger partial charge in [-0.2, -0.15) is 0 Å². The zero-order valence-corrected chi connectivity index (χ0v) is 23.2. The van der Waals surface area contributed by atoms with E-state index in [1.807, 2.05) is 62.4 Å². The first-order valence-electron chi connectivity index (χ1n) is 14.4. The van der Waals surface area contributed by atoms with Crippen LogP contribution in [0, 0.1) is 19.8 Å². The minimum Gasteiger partial charge on any atom is -0.354 e. The van der Waals surface area contributed by atoms with Gasteiger partial charge in [0, 0.05) is 31.0 Å². The number of piperidine rings is 1. The fourth-order valence-electron chi connectivity index (χ4n) is 6.48. The van der Waals surface area contributed by atoms with Crippen LogP contribution in [0.2, 0.25) is 0 Å². The van der Waals surface area contributed by atoms with E-state index in [1.165, 1.54) is 32.1 Å². The number of likely N-dealkylation sites (tertiary alicyclic amines) is 1. The SMILES string of the molecule is Cc1cccc(C)c1NC(=O)N1CCC2(CC1)C(=O)N(CC(=O)NCC1CCCCC1)CN2c1ccccc1. The van der Waals surface area contributed by atoms with Crippen LogP contribution in [0.3, 0.4) is 0 Å². The van der Waals surface area contributed by atoms with Crippen LogP contribution in [-0.2, 0) is 9.59 Å². The normalized spacial score (nSPS) is 19.4. The summed E-state index contributed by atoms with van der Waals surface area (Å²) >= 11 is 0. The minimum atomic E-state index is -0.764. The summed E-state index contributed by atoms with van der Waals surface area (Å²) in [6.45, 7) is 6.03. The van der Waals surface area contributed by atoms with Crippen LogP contribution >= 0.6 is 0 Å². The molecule has 2 saturated heterocycles. The van der Waals surface area contributed by atoms with Gasteiger partial charge in [-0.1, -0.05) is 55.7 Å². The predicted molar refractivity (Wildman–Crippen MR) is 154 cm³/mol. The van der Waals surface area contributed by atoms with Crippen molar-refractivity contribution in [1.29, 1.82) is 0 Å². The highest BCUT2D eigenvalue weighted by Crippen LogP contribution is 2.39. The molecule has 2 N–H and O–H groups in total. The standard InChI is InChI=1S/C31H41N5O3/c1-23-10-9-11-24(2)28(23)33-30(39)34-18-16-31(17-19-34)29(38)35(22-36(31)26-14-7-4-8-15-26)21-27(37)32-20-25-12-5-3-6-13-25/h4,7-11,14-15,25H,3,5-6,12-13,16-22H2,1-2H3,(H,32,37)(H,33,39). The van der Waals surface area contributed by atoms with Gasteiger partial charge in [-0.3, -0.25) is 9.59 Å². The lowest BCUT2D eigenvalue weighted by Gasteiger charge is -2.43. The maximum atomic E-state index is 13.9. The number of nitrogens with one attached hydrogen (secondary N) is 2. The molecule has 0 unspecified atom stereocenters. The number of rotatable bonds is 6. The maximum absolute atomic E-state index is 13.9. The highest BCUT2D eigenvalue weighted by atomic mass is 16.2. The first-order valence-corrected chi connectivity index (χ1v) is 14.4. The Kier molecular flexibility index (Phi) is 8.10. The molecule has 1 spiro atoms. The van der Waals surface area contributed by atoms with Gasteiger partial charge in [0.25, 0.3) is 5.91 Å². The highest BCUT2D eigenvalue weighted by molar-refractivity contribution is 5.97. The van der Waals surface area contributed by atoms with Crippen molar-refractivity contribution in [2.24, 2.45) is 5.92 Å². The molecule has 39 heavy (non-hydrogen) atoms. The van der Waals surface area contributed by atoms with Gasteiger partial charge in [0.1, 0.15) is 12.1 Å². The third-order valence-electron chi connectivity index (χ3n) is 8.82. The average molecular weight is 532 g/mol. The Hall–Kier alpha value is -3.55. The molecule has 2 aromatic carbocycles. The molecule has 2 aliphatic heterocycles. The van der Waals surface area contributed by atoms with Gasteiger partial charge >= 0.3 is 6.03 Å². The Balaban J connectivity index is 1.26. The number of aryl methyl sites for hydroxylation is 2. The first kappa shape index (κ1) is 27.0. The van der Waals surface area contributed by atoms with E-state index in [2.05, 4.69) is 15.5 Å². The number of hydrogen-bond donors (Lipinski definition) is 2. The molecular weight excluding hydrogens is 490 g/mol. The van der Waals surface area contributed by atoms with E-state index in [1.54, 1.807) is 9.80 Å². The molecule has 3 fully saturated rings. The topological polar surface area (TPSA) is 85.0 Å². The van der Waals surface area contributed by atoms with E-state index in [0.29, 0.717) is 45.1 Å². The van der Waals surface area contributed by atoms with Crippen LogP contribution in [0.25, 0.3) is 0 Å². The number of anilines is 2. The summed E-state index contributed by atoms with van der Waals surface area (Å²) in [4.78, 5) is 45.6. The number of nitrogens with zero attached hydrogens (tertiary/aromatic N) is 3. The van der Waals surface area contributed by atoms with Crippen LogP contribution in [0.1, 0.15) is 56.1 Å². The Morgan fingerprint density at radius 2 is 1.59 bits per heavy atom. The second kappa shape index (κ2) is 11.7. The Bertz CT molecular complexity index is 1170. The van der Waals surface area contributed by atoms with Gasteiger partial charge in [0.15, 0.2) is 0 Å². The molecule has 2 aromatic rings. The van der Waals surface area contributed by atoms with Crippen molar-refractivity contribution in [2.75, 3.05) is 43.1 Å². The summed E-state index contributed by atoms with van der Waals surface area (Å²) in [7, 11) is 0. The molecular formula is C31H41N5O3. The summed E-state index contributed by atoms with van der Waals surface area (Å²) in [6, 6.07) is 15.8. The van der Waals surface area contributed by atoms with E-state index in [0.717, 1.165) is 22.5 Å². The zero-order chi connectivity index (χ0) is 27.4. The minimum absolute atomic E-state index is 0.0195. The first-order chi connectivity index (χ1) is 18.9. The summed E-state index contributed by atoms with van der Waals surface area (Å²) < 4.78 is 0. The van der Waals surface area contributed by atoms with Crippen LogP contribution in [0.4, 0.5) is 16.2 Å². The van der Waals surface area contributed by atoms with Crippen molar-refractivity contribution in [2.45, 2.75) is 64.3 Å². The van der Waals surface area contributed by atoms with E-state index < -0.39 is 5.54 Å². The van der Waals surface area contributed by atoms with Crippen molar-refractivity contribution in [1.82, 2.24) is 15.1 Å². The summed E-state index contributed by atoms with van der Waals surface area (Å²) in [5.41, 5.74) is 3.09. The second-order valence-corrected chi connectivity index (χ2v) is 11.4. The molecule has 8 heteroatoms. The molecule has 1 saturated carbocycles. The number of amides is 4. The van der Waals surface area contributed by atoms with Crippen molar-refractivity contribution in [3.05, 3.63) is 59.7 Å². The van der Waals surface area contributed by atoms with E-state index >= 15 is 0 Å². The number of para-hydroxylation sites is 2. The molecule has 8 nitrogen and oxygen atoms in total. The Morgan fingerprint density at radius 1 is 0.923 bits per heavy atom. The fourth-order valence-corrected chi connectivity index (χ4v) is 6.48. The van der Waals surface area contributed by atoms with E-state index in [-0.39, 0.29) is 24.4 Å². The smallest absolute Gasteiger partial charge is 0.321 e. The van der Waals surface area contributed by atoms with Gasteiger partial charge < -0.3 is 25.3 Å². The van der Waals surface area contributed by atoms with Gasteiger partial charge in [-0.05, 0) is 68.7 Å². The molecule has 0 atom stereocenters. The molecule has 3 aliphatic rings. The van der Waals surface area contributed by atoms with Crippen LogP contribution in [0.5, 0.6) is 0 Å². The molecule has 208 valence electrons. The van der Waals surface area contributed by atoms with Crippen LogP contribution < -0.4 is 15.5 Å². The van der Waals surface area contributed by atoms with Gasteiger partial charge in [-0.25, -0.2) is 4.79 Å². The Morgan fingerprint density at radius 3 is 2.26 bits per heavy atom. The molecule has 0 bridgehead atoms. The Labute approximate surface area is 231 Å². The van der Waals surface area contributed by atoms with Crippen LogP contribution in [-0.4, -0.2) is 66.0 Å².